The van der Waals surface area contributed by atoms with Crippen LogP contribution in [0.3, 0.4) is 0 Å². The Labute approximate surface area is 112 Å². The van der Waals surface area contributed by atoms with E-state index in [1.165, 1.54) is 0 Å². The van der Waals surface area contributed by atoms with E-state index in [0.717, 1.165) is 47.8 Å². The van der Waals surface area contributed by atoms with Crippen LogP contribution in [0.15, 0.2) is 24.4 Å². The van der Waals surface area contributed by atoms with Crippen LogP contribution >= 0.6 is 11.6 Å². The largest absolute Gasteiger partial charge is 0.330 e. The van der Waals surface area contributed by atoms with Gasteiger partial charge in [-0.25, -0.2) is 4.68 Å². The van der Waals surface area contributed by atoms with Gasteiger partial charge in [0, 0.05) is 5.02 Å². The third-order valence-electron chi connectivity index (χ3n) is 2.91. The van der Waals surface area contributed by atoms with Crippen molar-refractivity contribution in [1.29, 1.82) is 0 Å². The third kappa shape index (κ3) is 2.89. The number of halogens is 1. The standard InChI is InChI=1S/C13H17ClN4/c1-10-12(14)6-4-7-13(10)18-9-11(16-17-18)5-2-3-8-15/h4,6-7,9H,2-3,5,8,15H2,1H3. The summed E-state index contributed by atoms with van der Waals surface area (Å²) in [5, 5.41) is 9.05. The minimum atomic E-state index is 0.724. The smallest absolute Gasteiger partial charge is 0.0831 e. The predicted octanol–water partition coefficient (Wildman–Crippen LogP) is 2.51. The van der Waals surface area contributed by atoms with Crippen LogP contribution in [0, 0.1) is 6.92 Å². The van der Waals surface area contributed by atoms with E-state index in [0.29, 0.717) is 0 Å². The van der Waals surface area contributed by atoms with Gasteiger partial charge in [0.05, 0.1) is 17.6 Å². The molecule has 0 aliphatic heterocycles. The minimum absolute atomic E-state index is 0.724. The molecule has 18 heavy (non-hydrogen) atoms. The highest BCUT2D eigenvalue weighted by Gasteiger charge is 2.07. The van der Waals surface area contributed by atoms with Gasteiger partial charge in [-0.15, -0.1) is 5.10 Å². The molecule has 0 radical (unpaired) electrons. The van der Waals surface area contributed by atoms with Crippen LogP contribution in [-0.2, 0) is 6.42 Å². The zero-order valence-electron chi connectivity index (χ0n) is 10.4. The number of rotatable bonds is 5. The molecule has 1 heterocycles. The van der Waals surface area contributed by atoms with Crippen molar-refractivity contribution in [3.8, 4) is 5.69 Å². The summed E-state index contributed by atoms with van der Waals surface area (Å²) in [4.78, 5) is 0. The molecule has 0 unspecified atom stereocenters. The predicted molar refractivity (Wildman–Crippen MR) is 73.1 cm³/mol. The normalized spacial score (nSPS) is 10.8. The molecule has 0 bridgehead atoms. The molecule has 5 heteroatoms. The molecule has 96 valence electrons. The molecule has 0 fully saturated rings. The van der Waals surface area contributed by atoms with Gasteiger partial charge in [-0.1, -0.05) is 22.9 Å². The molecule has 2 aromatic rings. The van der Waals surface area contributed by atoms with Gasteiger partial charge in [-0.2, -0.15) is 0 Å². The Balaban J connectivity index is 2.16. The SMILES string of the molecule is Cc1c(Cl)cccc1-n1cc(CCCCN)nn1. The maximum Gasteiger partial charge on any atom is 0.0831 e. The molecule has 0 saturated heterocycles. The fourth-order valence-corrected chi connectivity index (χ4v) is 1.99. The summed E-state index contributed by atoms with van der Waals surface area (Å²) in [5.41, 5.74) is 8.44. The van der Waals surface area contributed by atoms with E-state index in [9.17, 15) is 0 Å². The maximum atomic E-state index is 6.10. The highest BCUT2D eigenvalue weighted by Crippen LogP contribution is 2.21. The molecule has 0 amide bonds. The Morgan fingerprint density at radius 3 is 2.94 bits per heavy atom. The molecule has 0 saturated carbocycles. The summed E-state index contributed by atoms with van der Waals surface area (Å²) in [6.07, 6.45) is 4.93. The van der Waals surface area contributed by atoms with Crippen molar-refractivity contribution in [1.82, 2.24) is 15.0 Å². The molecule has 0 spiro atoms. The summed E-state index contributed by atoms with van der Waals surface area (Å²) in [5.74, 6) is 0. The lowest BCUT2D eigenvalue weighted by molar-refractivity contribution is 0.727. The summed E-state index contributed by atoms with van der Waals surface area (Å²) < 4.78 is 1.78. The summed E-state index contributed by atoms with van der Waals surface area (Å²) in [7, 11) is 0. The fourth-order valence-electron chi connectivity index (χ4n) is 1.83. The molecule has 2 N–H and O–H groups in total. The van der Waals surface area contributed by atoms with Crippen molar-refractivity contribution >= 4 is 11.6 Å². The Bertz CT molecular complexity index is 521. The average Bonchev–Trinajstić information content (AvgIpc) is 2.82. The number of benzene rings is 1. The average molecular weight is 265 g/mol. The van der Waals surface area contributed by atoms with Crippen molar-refractivity contribution < 1.29 is 0 Å². The molecule has 4 nitrogen and oxygen atoms in total. The first-order valence-corrected chi connectivity index (χ1v) is 6.47. The molecular weight excluding hydrogens is 248 g/mol. The molecular formula is C13H17ClN4. The molecule has 0 aliphatic rings. The van der Waals surface area contributed by atoms with Gasteiger partial charge in [0.2, 0.25) is 0 Å². The number of aryl methyl sites for hydroxylation is 1. The van der Waals surface area contributed by atoms with Crippen molar-refractivity contribution in [2.75, 3.05) is 6.54 Å². The van der Waals surface area contributed by atoms with E-state index in [-0.39, 0.29) is 0 Å². The Morgan fingerprint density at radius 1 is 1.33 bits per heavy atom. The first-order valence-electron chi connectivity index (χ1n) is 6.09. The van der Waals surface area contributed by atoms with Crippen molar-refractivity contribution in [3.63, 3.8) is 0 Å². The van der Waals surface area contributed by atoms with Gasteiger partial charge in [-0.05, 0) is 50.4 Å². The molecule has 2 rings (SSSR count). The van der Waals surface area contributed by atoms with Crippen LogP contribution in [-0.4, -0.2) is 21.5 Å². The first kappa shape index (κ1) is 13.1. The van der Waals surface area contributed by atoms with Gasteiger partial charge in [0.25, 0.3) is 0 Å². The second-order valence-corrected chi connectivity index (χ2v) is 4.69. The molecule has 1 aromatic carbocycles. The van der Waals surface area contributed by atoms with Gasteiger partial charge in [0.15, 0.2) is 0 Å². The number of nitrogens with zero attached hydrogens (tertiary/aromatic N) is 3. The zero-order valence-corrected chi connectivity index (χ0v) is 11.2. The summed E-state index contributed by atoms with van der Waals surface area (Å²) in [6.45, 7) is 2.70. The molecule has 0 aliphatic carbocycles. The number of unbranched alkanes of at least 4 members (excludes halogenated alkanes) is 1. The topological polar surface area (TPSA) is 56.7 Å². The number of hydrogen-bond donors (Lipinski definition) is 1. The van der Waals surface area contributed by atoms with Gasteiger partial charge in [-0.3, -0.25) is 0 Å². The summed E-state index contributed by atoms with van der Waals surface area (Å²) >= 11 is 6.10. The van der Waals surface area contributed by atoms with Gasteiger partial charge >= 0.3 is 0 Å². The molecule has 1 aromatic heterocycles. The Hall–Kier alpha value is -1.39. The van der Waals surface area contributed by atoms with E-state index in [4.69, 9.17) is 17.3 Å². The van der Waals surface area contributed by atoms with Crippen LogP contribution in [0.25, 0.3) is 5.69 Å². The Kier molecular flexibility index (Phi) is 4.33. The van der Waals surface area contributed by atoms with Crippen LogP contribution in [0.4, 0.5) is 0 Å². The number of nitrogens with two attached hydrogens (primary N) is 1. The third-order valence-corrected chi connectivity index (χ3v) is 3.32. The highest BCUT2D eigenvalue weighted by atomic mass is 35.5. The van der Waals surface area contributed by atoms with E-state index < -0.39 is 0 Å². The second-order valence-electron chi connectivity index (χ2n) is 4.28. The highest BCUT2D eigenvalue weighted by molar-refractivity contribution is 6.31. The van der Waals surface area contributed by atoms with Crippen LogP contribution < -0.4 is 5.73 Å². The zero-order chi connectivity index (χ0) is 13.0. The lowest BCUT2D eigenvalue weighted by Gasteiger charge is -2.05. The fraction of sp³-hybridized carbons (Fsp3) is 0.385. The van der Waals surface area contributed by atoms with Crippen LogP contribution in [0.1, 0.15) is 24.1 Å². The Morgan fingerprint density at radius 2 is 2.17 bits per heavy atom. The number of hydrogen-bond acceptors (Lipinski definition) is 3. The van der Waals surface area contributed by atoms with E-state index >= 15 is 0 Å². The first-order chi connectivity index (χ1) is 8.72. The van der Waals surface area contributed by atoms with Crippen LogP contribution in [0.5, 0.6) is 0 Å². The van der Waals surface area contributed by atoms with Crippen molar-refractivity contribution in [2.24, 2.45) is 5.73 Å². The van der Waals surface area contributed by atoms with Crippen molar-refractivity contribution in [2.45, 2.75) is 26.2 Å². The minimum Gasteiger partial charge on any atom is -0.330 e. The van der Waals surface area contributed by atoms with E-state index in [1.807, 2.05) is 31.3 Å². The lowest BCUT2D eigenvalue weighted by Crippen LogP contribution is -1.99. The van der Waals surface area contributed by atoms with Gasteiger partial charge < -0.3 is 5.73 Å². The van der Waals surface area contributed by atoms with E-state index in [1.54, 1.807) is 4.68 Å². The quantitative estimate of drug-likeness (QED) is 0.845. The van der Waals surface area contributed by atoms with E-state index in [2.05, 4.69) is 10.3 Å². The monoisotopic (exact) mass is 264 g/mol. The van der Waals surface area contributed by atoms with Crippen molar-refractivity contribution in [3.05, 3.63) is 40.7 Å². The lowest BCUT2D eigenvalue weighted by atomic mass is 10.2. The molecule has 0 atom stereocenters. The maximum absolute atomic E-state index is 6.10. The van der Waals surface area contributed by atoms with Crippen LogP contribution in [0.2, 0.25) is 5.02 Å². The van der Waals surface area contributed by atoms with Gasteiger partial charge in [0.1, 0.15) is 0 Å². The second kappa shape index (κ2) is 5.98. The number of aromatic nitrogens is 3. The summed E-state index contributed by atoms with van der Waals surface area (Å²) in [6, 6.07) is 5.78.